The summed E-state index contributed by atoms with van der Waals surface area (Å²) in [5, 5.41) is 0. The van der Waals surface area contributed by atoms with Crippen LogP contribution in [0.15, 0.2) is 83.7 Å². The molecule has 46 heavy (non-hydrogen) atoms. The van der Waals surface area contributed by atoms with E-state index >= 15 is 0 Å². The van der Waals surface area contributed by atoms with E-state index in [4.69, 9.17) is 4.98 Å². The van der Waals surface area contributed by atoms with E-state index in [-0.39, 0.29) is 42.3 Å². The van der Waals surface area contributed by atoms with Gasteiger partial charge in [0.25, 0.3) is 23.3 Å². The molecule has 1 aromatic heterocycles. The first-order valence-electron chi connectivity index (χ1n) is 16.2. The topological polar surface area (TPSA) is 92.6 Å². The summed E-state index contributed by atoms with van der Waals surface area (Å²) in [6.07, 6.45) is 3.40. The highest BCUT2D eigenvalue weighted by atomic mass is 16.2. The van der Waals surface area contributed by atoms with Crippen LogP contribution in [0.3, 0.4) is 0 Å². The van der Waals surface area contributed by atoms with Gasteiger partial charge in [0, 0.05) is 43.6 Å². The maximum absolute atomic E-state index is 14.4. The minimum absolute atomic E-state index is 0.0389. The highest BCUT2D eigenvalue weighted by Gasteiger charge is 2.37. The van der Waals surface area contributed by atoms with Crippen LogP contribution in [0.4, 0.5) is 0 Å². The number of imide groups is 1. The third-order valence-electron chi connectivity index (χ3n) is 9.10. The van der Waals surface area contributed by atoms with E-state index in [0.717, 1.165) is 29.8 Å². The van der Waals surface area contributed by atoms with Crippen molar-refractivity contribution in [2.24, 2.45) is 5.92 Å². The molecule has 3 amide bonds. The second-order valence-corrected chi connectivity index (χ2v) is 12.7. The molecule has 1 unspecified atom stereocenters. The molecule has 0 saturated heterocycles. The molecular formula is C38H40N4O4. The molecule has 0 N–H and O–H groups in total. The Hall–Kier alpha value is -4.85. The Balaban J connectivity index is 1.39. The van der Waals surface area contributed by atoms with Gasteiger partial charge in [0.05, 0.1) is 22.9 Å². The average molecular weight is 617 g/mol. The van der Waals surface area contributed by atoms with Crippen molar-refractivity contribution in [3.63, 3.8) is 0 Å². The fourth-order valence-corrected chi connectivity index (χ4v) is 6.74. The Bertz CT molecular complexity index is 1790. The van der Waals surface area contributed by atoms with E-state index in [0.29, 0.717) is 53.8 Å². The van der Waals surface area contributed by atoms with Crippen molar-refractivity contribution in [2.45, 2.75) is 65.5 Å². The lowest BCUT2D eigenvalue weighted by Crippen LogP contribution is -2.43. The number of hydrogen-bond donors (Lipinski definition) is 0. The second-order valence-electron chi connectivity index (χ2n) is 12.7. The first kappa shape index (κ1) is 31.1. The second kappa shape index (κ2) is 13.3. The summed E-state index contributed by atoms with van der Waals surface area (Å²) >= 11 is 0. The number of aryl methyl sites for hydroxylation is 2. The van der Waals surface area contributed by atoms with Gasteiger partial charge in [-0.3, -0.25) is 28.6 Å². The predicted octanol–water partition coefficient (Wildman–Crippen LogP) is 6.00. The van der Waals surface area contributed by atoms with Crippen LogP contribution in [0.1, 0.15) is 98.4 Å². The Morgan fingerprint density at radius 2 is 1.52 bits per heavy atom. The normalized spacial score (nSPS) is 14.7. The molecule has 3 heterocycles. The zero-order valence-corrected chi connectivity index (χ0v) is 26.7. The molecule has 3 aromatic carbocycles. The van der Waals surface area contributed by atoms with Crippen LogP contribution < -0.4 is 5.56 Å². The van der Waals surface area contributed by atoms with Crippen molar-refractivity contribution in [1.82, 2.24) is 19.4 Å². The fraction of sp³-hybridized carbons (Fsp3) is 0.342. The summed E-state index contributed by atoms with van der Waals surface area (Å²) < 4.78 is 1.82. The van der Waals surface area contributed by atoms with E-state index in [1.54, 1.807) is 24.3 Å². The lowest BCUT2D eigenvalue weighted by atomic mass is 9.91. The van der Waals surface area contributed by atoms with Gasteiger partial charge >= 0.3 is 0 Å². The van der Waals surface area contributed by atoms with E-state index in [9.17, 15) is 19.2 Å². The quantitative estimate of drug-likeness (QED) is 0.204. The molecule has 0 bridgehead atoms. The molecule has 0 radical (unpaired) electrons. The van der Waals surface area contributed by atoms with E-state index in [1.165, 1.54) is 4.90 Å². The Morgan fingerprint density at radius 1 is 0.870 bits per heavy atom. The highest BCUT2D eigenvalue weighted by Crippen LogP contribution is 2.33. The van der Waals surface area contributed by atoms with Crippen LogP contribution in [0, 0.1) is 12.8 Å². The van der Waals surface area contributed by atoms with Gasteiger partial charge in [0.1, 0.15) is 5.82 Å². The number of hydrogen-bond acceptors (Lipinski definition) is 5. The SMILES string of the molecule is Cc1ccc(C(=O)N(CCCN2C(=O)c3ccccc3C2=O)C(c2nc3n(c(=O)c2Cc2ccccc2)CCCC3)C(C)C)cc1. The van der Waals surface area contributed by atoms with Gasteiger partial charge < -0.3 is 4.90 Å². The van der Waals surface area contributed by atoms with Crippen LogP contribution in [0.25, 0.3) is 0 Å². The van der Waals surface area contributed by atoms with E-state index in [2.05, 4.69) is 13.8 Å². The summed E-state index contributed by atoms with van der Waals surface area (Å²) in [6.45, 7) is 7.16. The molecule has 1 atom stereocenters. The van der Waals surface area contributed by atoms with Crippen LogP contribution >= 0.6 is 0 Å². The average Bonchev–Trinajstić information content (AvgIpc) is 3.31. The van der Waals surface area contributed by atoms with Gasteiger partial charge in [-0.15, -0.1) is 0 Å². The fourth-order valence-electron chi connectivity index (χ4n) is 6.74. The van der Waals surface area contributed by atoms with Crippen LogP contribution in [-0.2, 0) is 19.4 Å². The zero-order valence-electron chi connectivity index (χ0n) is 26.7. The molecular weight excluding hydrogens is 576 g/mol. The largest absolute Gasteiger partial charge is 0.330 e. The molecule has 6 rings (SSSR count). The number of fused-ring (bicyclic) bond motifs is 2. The van der Waals surface area contributed by atoms with E-state index < -0.39 is 6.04 Å². The summed E-state index contributed by atoms with van der Waals surface area (Å²) in [6, 6.07) is 23.7. The summed E-state index contributed by atoms with van der Waals surface area (Å²) in [4.78, 5) is 63.1. The summed E-state index contributed by atoms with van der Waals surface area (Å²) in [5.41, 5.74) is 4.61. The minimum Gasteiger partial charge on any atom is -0.330 e. The van der Waals surface area contributed by atoms with Gasteiger partial charge in [-0.2, -0.15) is 0 Å². The minimum atomic E-state index is -0.504. The molecule has 2 aliphatic rings. The van der Waals surface area contributed by atoms with Crippen molar-refractivity contribution in [1.29, 1.82) is 0 Å². The molecule has 236 valence electrons. The number of amides is 3. The lowest BCUT2D eigenvalue weighted by molar-refractivity contribution is 0.0582. The van der Waals surface area contributed by atoms with Crippen LogP contribution in [0.5, 0.6) is 0 Å². The maximum Gasteiger partial charge on any atom is 0.261 e. The highest BCUT2D eigenvalue weighted by molar-refractivity contribution is 6.21. The van der Waals surface area contributed by atoms with Crippen molar-refractivity contribution < 1.29 is 14.4 Å². The summed E-state index contributed by atoms with van der Waals surface area (Å²) in [5.74, 6) is -0.116. The molecule has 8 nitrogen and oxygen atoms in total. The number of rotatable bonds is 10. The van der Waals surface area contributed by atoms with Crippen molar-refractivity contribution in [3.05, 3.63) is 134 Å². The van der Waals surface area contributed by atoms with Gasteiger partial charge in [0.15, 0.2) is 0 Å². The van der Waals surface area contributed by atoms with Gasteiger partial charge in [0.2, 0.25) is 0 Å². The van der Waals surface area contributed by atoms with Crippen molar-refractivity contribution in [3.8, 4) is 0 Å². The molecule has 0 aliphatic carbocycles. The van der Waals surface area contributed by atoms with Crippen molar-refractivity contribution in [2.75, 3.05) is 13.1 Å². The van der Waals surface area contributed by atoms with Crippen LogP contribution in [-0.4, -0.2) is 50.2 Å². The number of benzene rings is 3. The first-order valence-corrected chi connectivity index (χ1v) is 16.2. The first-order chi connectivity index (χ1) is 22.2. The number of aromatic nitrogens is 2. The standard InChI is InChI=1S/C38H40N4O4/c1-25(2)34(33-31(24-27-12-5-4-6-13-27)38(46)40-21-10-9-16-32(40)39-33)41(35(43)28-19-17-26(3)18-20-28)22-11-23-42-36(44)29-14-7-8-15-30(29)37(42)45/h4-8,12-15,17-20,25,34H,9-11,16,21-24H2,1-3H3. The monoisotopic (exact) mass is 616 g/mol. The molecule has 2 aliphatic heterocycles. The Labute approximate surface area is 269 Å². The number of carbonyl (C=O) groups excluding carboxylic acids is 3. The number of nitrogens with zero attached hydrogens (tertiary/aromatic N) is 4. The maximum atomic E-state index is 14.4. The molecule has 8 heteroatoms. The van der Waals surface area contributed by atoms with Crippen LogP contribution in [0.2, 0.25) is 0 Å². The lowest BCUT2D eigenvalue weighted by Gasteiger charge is -2.36. The zero-order chi connectivity index (χ0) is 32.4. The van der Waals surface area contributed by atoms with Gasteiger partial charge in [-0.05, 0) is 61.9 Å². The van der Waals surface area contributed by atoms with Gasteiger partial charge in [-0.25, -0.2) is 4.98 Å². The third-order valence-corrected chi connectivity index (χ3v) is 9.10. The smallest absolute Gasteiger partial charge is 0.261 e. The third kappa shape index (κ3) is 6.04. The van der Waals surface area contributed by atoms with Crippen molar-refractivity contribution >= 4 is 17.7 Å². The predicted molar refractivity (Wildman–Crippen MR) is 177 cm³/mol. The molecule has 0 fully saturated rings. The number of carbonyl (C=O) groups is 3. The van der Waals surface area contributed by atoms with Gasteiger partial charge in [-0.1, -0.05) is 74.0 Å². The molecule has 0 spiro atoms. The summed E-state index contributed by atoms with van der Waals surface area (Å²) in [7, 11) is 0. The van der Waals surface area contributed by atoms with E-state index in [1.807, 2.05) is 71.0 Å². The molecule has 0 saturated carbocycles. The Kier molecular flexibility index (Phi) is 8.97. The molecule has 4 aromatic rings. The Morgan fingerprint density at radius 3 is 2.17 bits per heavy atom.